The molecular weight excluding hydrogens is 420 g/mol. The molecule has 150 valence electrons. The van der Waals surface area contributed by atoms with Gasteiger partial charge >= 0.3 is 0 Å². The smallest absolute Gasteiger partial charge is 0.271 e. The molecule has 1 rings (SSSR count). The highest BCUT2D eigenvalue weighted by atomic mass is 32.2. The molecule has 1 N–H and O–H groups in total. The minimum atomic E-state index is -3.78. The molecular formula is C13H24N2O7S3Si. The lowest BCUT2D eigenvalue weighted by molar-refractivity contribution is 0.272. The third-order valence-electron chi connectivity index (χ3n) is 2.68. The summed E-state index contributed by atoms with van der Waals surface area (Å²) in [5.74, 6) is -0.349. The fraction of sp³-hybridized carbons (Fsp3) is 0.692. The third kappa shape index (κ3) is 11.9. The van der Waals surface area contributed by atoms with Crippen molar-refractivity contribution in [3.8, 4) is 0 Å². The van der Waals surface area contributed by atoms with Crippen LogP contribution in [0.15, 0.2) is 17.6 Å². The summed E-state index contributed by atoms with van der Waals surface area (Å²) in [6, 6.07) is 0. The van der Waals surface area contributed by atoms with Crippen molar-refractivity contribution in [3.05, 3.63) is 18.0 Å². The van der Waals surface area contributed by atoms with Gasteiger partial charge in [-0.15, -0.1) is 0 Å². The molecule has 1 aromatic rings. The zero-order valence-electron chi connectivity index (χ0n) is 14.9. The van der Waals surface area contributed by atoms with Crippen molar-refractivity contribution in [2.45, 2.75) is 36.8 Å². The standard InChI is InChI=1S/C13H24N2O7S3Si/c1-24(16,17)21-6-4-5-7-22-25(18,19)10-12-8-14-13(15-9-12)23-11-26(2,3)20/h8-9,20H,4-7,10-11H2,1-3H3. The first-order valence-electron chi connectivity index (χ1n) is 7.74. The Morgan fingerprint density at radius 1 is 1.08 bits per heavy atom. The van der Waals surface area contributed by atoms with Crippen LogP contribution >= 0.6 is 11.8 Å². The Labute approximate surface area is 159 Å². The van der Waals surface area contributed by atoms with Crippen LogP contribution in [-0.2, 0) is 34.4 Å². The Morgan fingerprint density at radius 2 is 1.62 bits per heavy atom. The van der Waals surface area contributed by atoms with Gasteiger partial charge in [0, 0.05) is 23.3 Å². The maximum absolute atomic E-state index is 11.9. The SMILES string of the molecule is C[Si](C)(O)CSc1ncc(CS(=O)(=O)OCCCCOS(C)(=O)=O)cn1. The summed E-state index contributed by atoms with van der Waals surface area (Å²) in [7, 11) is -9.46. The van der Waals surface area contributed by atoms with Crippen molar-refractivity contribution >= 4 is 40.3 Å². The van der Waals surface area contributed by atoms with Gasteiger partial charge in [0.05, 0.1) is 19.5 Å². The van der Waals surface area contributed by atoms with Crippen LogP contribution in [0.25, 0.3) is 0 Å². The topological polar surface area (TPSA) is 133 Å². The van der Waals surface area contributed by atoms with E-state index in [1.54, 1.807) is 0 Å². The molecule has 0 saturated carbocycles. The number of hydrogen-bond acceptors (Lipinski definition) is 10. The van der Waals surface area contributed by atoms with Gasteiger partial charge in [0.1, 0.15) is 5.75 Å². The van der Waals surface area contributed by atoms with E-state index in [0.29, 0.717) is 28.9 Å². The van der Waals surface area contributed by atoms with E-state index in [1.165, 1.54) is 24.2 Å². The van der Waals surface area contributed by atoms with Gasteiger partial charge < -0.3 is 4.80 Å². The van der Waals surface area contributed by atoms with Gasteiger partial charge in [-0.2, -0.15) is 16.8 Å². The fourth-order valence-corrected chi connectivity index (χ4v) is 5.20. The zero-order valence-corrected chi connectivity index (χ0v) is 18.4. The molecule has 0 atom stereocenters. The number of hydrogen-bond donors (Lipinski definition) is 1. The second-order valence-corrected chi connectivity index (χ2v) is 14.9. The van der Waals surface area contributed by atoms with Gasteiger partial charge in [-0.05, 0) is 25.9 Å². The molecule has 0 spiro atoms. The van der Waals surface area contributed by atoms with E-state index in [0.717, 1.165) is 6.26 Å². The number of aromatic nitrogens is 2. The Bertz CT molecular complexity index is 762. The van der Waals surface area contributed by atoms with Crippen molar-refractivity contribution < 1.29 is 30.0 Å². The van der Waals surface area contributed by atoms with E-state index in [2.05, 4.69) is 14.2 Å². The minimum absolute atomic E-state index is 0.0112. The van der Waals surface area contributed by atoms with E-state index in [1.807, 2.05) is 13.1 Å². The van der Waals surface area contributed by atoms with Crippen molar-refractivity contribution in [2.24, 2.45) is 0 Å². The largest absolute Gasteiger partial charge is 0.431 e. The number of nitrogens with zero attached hydrogens (tertiary/aromatic N) is 2. The molecule has 1 aromatic heterocycles. The second-order valence-electron chi connectivity index (χ2n) is 6.23. The molecule has 13 heteroatoms. The quantitative estimate of drug-likeness (QED) is 0.163. The number of rotatable bonds is 12. The summed E-state index contributed by atoms with van der Waals surface area (Å²) in [5, 5.41) is 1.03. The highest BCUT2D eigenvalue weighted by Crippen LogP contribution is 2.17. The molecule has 0 radical (unpaired) electrons. The van der Waals surface area contributed by atoms with Crippen molar-refractivity contribution in [2.75, 3.05) is 24.8 Å². The molecule has 0 bridgehead atoms. The molecule has 0 unspecified atom stereocenters. The average Bonchev–Trinajstić information content (AvgIpc) is 2.48. The lowest BCUT2D eigenvalue weighted by atomic mass is 10.3. The van der Waals surface area contributed by atoms with Crippen LogP contribution in [0.2, 0.25) is 13.1 Å². The van der Waals surface area contributed by atoms with Gasteiger partial charge in [-0.25, -0.2) is 9.97 Å². The summed E-state index contributed by atoms with van der Waals surface area (Å²) in [6.07, 6.45) is 4.50. The molecule has 0 saturated heterocycles. The Kier molecular flexibility index (Phi) is 9.12. The maximum atomic E-state index is 11.9. The van der Waals surface area contributed by atoms with Crippen LogP contribution < -0.4 is 0 Å². The second kappa shape index (κ2) is 10.1. The minimum Gasteiger partial charge on any atom is -0.431 e. The zero-order chi connectivity index (χ0) is 19.8. The predicted octanol–water partition coefficient (Wildman–Crippen LogP) is 0.908. The monoisotopic (exact) mass is 444 g/mol. The molecule has 0 aliphatic carbocycles. The summed E-state index contributed by atoms with van der Waals surface area (Å²) >= 11 is 1.33. The van der Waals surface area contributed by atoms with E-state index in [9.17, 15) is 21.6 Å². The molecule has 1 heterocycles. The summed E-state index contributed by atoms with van der Waals surface area (Å²) in [6.45, 7) is 3.56. The first kappa shape index (κ1) is 23.5. The van der Waals surface area contributed by atoms with Crippen molar-refractivity contribution in [3.63, 3.8) is 0 Å². The normalized spacial score (nSPS) is 13.1. The fourth-order valence-electron chi connectivity index (χ4n) is 1.58. The highest BCUT2D eigenvalue weighted by molar-refractivity contribution is 8.00. The highest BCUT2D eigenvalue weighted by Gasteiger charge is 2.18. The Balaban J connectivity index is 2.37. The molecule has 0 aliphatic rings. The van der Waals surface area contributed by atoms with Crippen LogP contribution in [0.3, 0.4) is 0 Å². The van der Waals surface area contributed by atoms with Crippen molar-refractivity contribution in [1.82, 2.24) is 9.97 Å². The van der Waals surface area contributed by atoms with Gasteiger partial charge in [0.2, 0.25) is 0 Å². The van der Waals surface area contributed by atoms with E-state index in [-0.39, 0.29) is 19.0 Å². The van der Waals surface area contributed by atoms with Crippen LogP contribution in [0.4, 0.5) is 0 Å². The predicted molar refractivity (Wildman–Crippen MR) is 101 cm³/mol. The molecule has 0 fully saturated rings. The summed E-state index contributed by atoms with van der Waals surface area (Å²) in [4.78, 5) is 18.0. The van der Waals surface area contributed by atoms with E-state index >= 15 is 0 Å². The third-order valence-corrected chi connectivity index (χ3v) is 8.36. The Hall–Kier alpha value is -0.573. The van der Waals surface area contributed by atoms with Crippen LogP contribution in [0.1, 0.15) is 18.4 Å². The van der Waals surface area contributed by atoms with E-state index < -0.39 is 28.6 Å². The average molecular weight is 445 g/mol. The lowest BCUT2D eigenvalue weighted by Gasteiger charge is -2.12. The first-order valence-corrected chi connectivity index (χ1v) is 15.3. The van der Waals surface area contributed by atoms with Gasteiger partial charge in [-0.3, -0.25) is 8.37 Å². The van der Waals surface area contributed by atoms with Crippen molar-refractivity contribution in [1.29, 1.82) is 0 Å². The first-order chi connectivity index (χ1) is 11.9. The van der Waals surface area contributed by atoms with Gasteiger partial charge in [0.15, 0.2) is 13.5 Å². The molecule has 26 heavy (non-hydrogen) atoms. The Morgan fingerprint density at radius 3 is 2.12 bits per heavy atom. The van der Waals surface area contributed by atoms with Crippen LogP contribution in [0.5, 0.6) is 0 Å². The summed E-state index contributed by atoms with van der Waals surface area (Å²) < 4.78 is 54.7. The van der Waals surface area contributed by atoms with E-state index in [4.69, 9.17) is 4.18 Å². The van der Waals surface area contributed by atoms with Crippen LogP contribution in [-0.4, -0.2) is 64.8 Å². The molecule has 0 aromatic carbocycles. The molecule has 0 aliphatic heterocycles. The summed E-state index contributed by atoms with van der Waals surface area (Å²) in [5.41, 5.74) is 0.398. The molecule has 0 amide bonds. The van der Waals surface area contributed by atoms with Crippen LogP contribution in [0, 0.1) is 0 Å². The number of unbranched alkanes of at least 4 members (excludes halogenated alkanes) is 1. The number of thioether (sulfide) groups is 1. The maximum Gasteiger partial charge on any atom is 0.271 e. The lowest BCUT2D eigenvalue weighted by Crippen LogP contribution is -2.29. The van der Waals surface area contributed by atoms with Gasteiger partial charge in [-0.1, -0.05) is 11.8 Å². The van der Waals surface area contributed by atoms with Gasteiger partial charge in [0.25, 0.3) is 20.2 Å². The molecule has 9 nitrogen and oxygen atoms in total.